The van der Waals surface area contributed by atoms with Gasteiger partial charge in [0.05, 0.1) is 8.64 Å². The van der Waals surface area contributed by atoms with Gasteiger partial charge in [-0.15, -0.1) is 11.3 Å². The topological polar surface area (TPSA) is 46.2 Å². The highest BCUT2D eigenvalue weighted by Crippen LogP contribution is 2.25. The lowest BCUT2D eigenvalue weighted by Gasteiger charge is -2.16. The maximum Gasteiger partial charge on any atom is 0.150 e. The number of sulfone groups is 1. The van der Waals surface area contributed by atoms with E-state index in [1.54, 1.807) is 18.3 Å². The Morgan fingerprint density at radius 2 is 2.17 bits per heavy atom. The Labute approximate surface area is 127 Å². The predicted octanol–water partition coefficient (Wildman–Crippen LogP) is 3.22. The third kappa shape index (κ3) is 5.54. The Morgan fingerprint density at radius 3 is 2.67 bits per heavy atom. The van der Waals surface area contributed by atoms with E-state index in [4.69, 9.17) is 0 Å². The lowest BCUT2D eigenvalue weighted by atomic mass is 10.1. The molecular weight excluding hydrogens is 381 g/mol. The monoisotopic (exact) mass is 401 g/mol. The van der Waals surface area contributed by atoms with Crippen LogP contribution in [0.2, 0.25) is 0 Å². The fraction of sp³-hybridized carbons (Fsp3) is 0.667. The molecule has 0 aliphatic carbocycles. The highest BCUT2D eigenvalue weighted by molar-refractivity contribution is 14.1. The van der Waals surface area contributed by atoms with Gasteiger partial charge in [-0.05, 0) is 59.0 Å². The second kappa shape index (κ2) is 7.81. The molecule has 104 valence electrons. The van der Waals surface area contributed by atoms with Crippen LogP contribution < -0.4 is 5.32 Å². The highest BCUT2D eigenvalue weighted by atomic mass is 127. The molecule has 1 atom stereocenters. The van der Waals surface area contributed by atoms with Gasteiger partial charge in [0, 0.05) is 11.8 Å². The average molecular weight is 401 g/mol. The van der Waals surface area contributed by atoms with Gasteiger partial charge in [-0.25, -0.2) is 8.42 Å². The maximum absolute atomic E-state index is 11.5. The molecule has 1 heterocycles. The molecule has 1 rings (SSSR count). The molecule has 18 heavy (non-hydrogen) atoms. The number of rotatable bonds is 8. The van der Waals surface area contributed by atoms with E-state index in [0.717, 1.165) is 19.4 Å². The van der Waals surface area contributed by atoms with Crippen molar-refractivity contribution in [3.05, 3.63) is 19.9 Å². The summed E-state index contributed by atoms with van der Waals surface area (Å²) in [5.74, 6) is 0.543. The molecule has 3 nitrogen and oxygen atoms in total. The molecule has 0 spiro atoms. The van der Waals surface area contributed by atoms with E-state index in [1.165, 1.54) is 8.45 Å². The van der Waals surface area contributed by atoms with Crippen LogP contribution in [0.3, 0.4) is 0 Å². The first-order valence-electron chi connectivity index (χ1n) is 6.16. The molecule has 0 fully saturated rings. The minimum Gasteiger partial charge on any atom is -0.310 e. The zero-order valence-corrected chi connectivity index (χ0v) is 14.6. The Hall–Kier alpha value is 0.340. The van der Waals surface area contributed by atoms with Gasteiger partial charge in [0.15, 0.2) is 0 Å². The molecule has 1 N–H and O–H groups in total. The lowest BCUT2D eigenvalue weighted by Crippen LogP contribution is -2.21. The van der Waals surface area contributed by atoms with Crippen molar-refractivity contribution < 1.29 is 8.42 Å². The minimum atomic E-state index is -2.83. The van der Waals surface area contributed by atoms with Crippen LogP contribution in [0.1, 0.15) is 38.3 Å². The highest BCUT2D eigenvalue weighted by Gasteiger charge is 2.14. The van der Waals surface area contributed by atoms with Crippen LogP contribution in [0.25, 0.3) is 0 Å². The number of nitrogens with one attached hydrogen (secondary N) is 1. The summed E-state index contributed by atoms with van der Waals surface area (Å²) in [6, 6.07) is 2.45. The molecule has 0 radical (unpaired) electrons. The first-order valence-corrected chi connectivity index (χ1v) is 9.94. The van der Waals surface area contributed by atoms with E-state index < -0.39 is 9.84 Å². The molecule has 0 aliphatic heterocycles. The molecule has 1 unspecified atom stereocenters. The summed E-state index contributed by atoms with van der Waals surface area (Å²) in [6.07, 6.45) is 1.60. The van der Waals surface area contributed by atoms with E-state index in [2.05, 4.69) is 46.3 Å². The number of thiophene rings is 1. The van der Waals surface area contributed by atoms with Gasteiger partial charge in [-0.3, -0.25) is 0 Å². The first kappa shape index (κ1) is 16.4. The molecule has 0 bridgehead atoms. The van der Waals surface area contributed by atoms with Crippen LogP contribution >= 0.6 is 33.9 Å². The molecule has 0 aromatic carbocycles. The maximum atomic E-state index is 11.5. The van der Waals surface area contributed by atoms with E-state index >= 15 is 0 Å². The van der Waals surface area contributed by atoms with Crippen molar-refractivity contribution in [3.63, 3.8) is 0 Å². The smallest absolute Gasteiger partial charge is 0.150 e. The second-order valence-corrected chi connectivity index (χ2v) is 9.45. The van der Waals surface area contributed by atoms with Gasteiger partial charge in [0.1, 0.15) is 9.84 Å². The lowest BCUT2D eigenvalue weighted by molar-refractivity contribution is 0.507. The molecule has 0 saturated heterocycles. The van der Waals surface area contributed by atoms with Crippen molar-refractivity contribution in [2.24, 2.45) is 0 Å². The zero-order chi connectivity index (χ0) is 13.6. The second-order valence-electron chi connectivity index (χ2n) is 4.17. The SMILES string of the molecule is CCNC(CCCS(=O)(=O)CC)c1csc(I)c1. The summed E-state index contributed by atoms with van der Waals surface area (Å²) >= 11 is 4.04. The predicted molar refractivity (Wildman–Crippen MR) is 87.0 cm³/mol. The van der Waals surface area contributed by atoms with Gasteiger partial charge in [0.2, 0.25) is 0 Å². The third-order valence-corrected chi connectivity index (χ3v) is 6.43. The minimum absolute atomic E-state index is 0.245. The number of halogens is 1. The zero-order valence-electron chi connectivity index (χ0n) is 10.8. The average Bonchev–Trinajstić information content (AvgIpc) is 2.74. The van der Waals surface area contributed by atoms with Crippen molar-refractivity contribution in [1.82, 2.24) is 5.32 Å². The van der Waals surface area contributed by atoms with Crippen molar-refractivity contribution >= 4 is 43.8 Å². The van der Waals surface area contributed by atoms with Gasteiger partial charge in [-0.2, -0.15) is 0 Å². The normalized spacial score (nSPS) is 13.7. The Bertz CT molecular complexity index is 456. The summed E-state index contributed by atoms with van der Waals surface area (Å²) < 4.78 is 24.2. The molecular formula is C12H20INO2S2. The molecule has 0 saturated carbocycles. The third-order valence-electron chi connectivity index (χ3n) is 2.83. The summed E-state index contributed by atoms with van der Waals surface area (Å²) in [5, 5.41) is 5.58. The fourth-order valence-electron chi connectivity index (χ4n) is 1.79. The van der Waals surface area contributed by atoms with E-state index in [0.29, 0.717) is 5.75 Å². The molecule has 0 amide bonds. The van der Waals surface area contributed by atoms with Crippen LogP contribution in [0.5, 0.6) is 0 Å². The van der Waals surface area contributed by atoms with E-state index in [-0.39, 0.29) is 11.8 Å². The van der Waals surface area contributed by atoms with Crippen LogP contribution in [-0.2, 0) is 9.84 Å². The summed E-state index contributed by atoms with van der Waals surface area (Å²) in [4.78, 5) is 0. The largest absolute Gasteiger partial charge is 0.310 e. The number of hydrogen-bond acceptors (Lipinski definition) is 4. The van der Waals surface area contributed by atoms with Crippen molar-refractivity contribution in [3.8, 4) is 0 Å². The van der Waals surface area contributed by atoms with Crippen LogP contribution in [0.4, 0.5) is 0 Å². The quantitative estimate of drug-likeness (QED) is 0.681. The van der Waals surface area contributed by atoms with Crippen LogP contribution in [-0.4, -0.2) is 26.5 Å². The van der Waals surface area contributed by atoms with Crippen molar-refractivity contribution in [2.45, 2.75) is 32.7 Å². The Morgan fingerprint density at radius 1 is 1.44 bits per heavy atom. The molecule has 1 aromatic rings. The summed E-state index contributed by atoms with van der Waals surface area (Å²) in [6.45, 7) is 4.68. The van der Waals surface area contributed by atoms with Crippen molar-refractivity contribution in [1.29, 1.82) is 0 Å². The van der Waals surface area contributed by atoms with Gasteiger partial charge >= 0.3 is 0 Å². The van der Waals surface area contributed by atoms with E-state index in [9.17, 15) is 8.42 Å². The summed E-state index contributed by atoms with van der Waals surface area (Å²) in [7, 11) is -2.83. The molecule has 6 heteroatoms. The van der Waals surface area contributed by atoms with Gasteiger partial charge in [-0.1, -0.05) is 13.8 Å². The first-order chi connectivity index (χ1) is 8.48. The molecule has 1 aromatic heterocycles. The standard InChI is InChI=1S/C12H20INO2S2/c1-3-14-11(10-8-12(13)17-9-10)6-5-7-18(15,16)4-2/h8-9,11,14H,3-7H2,1-2H3. The Balaban J connectivity index is 2.54. The number of hydrogen-bond donors (Lipinski definition) is 1. The van der Waals surface area contributed by atoms with Crippen molar-refractivity contribution in [2.75, 3.05) is 18.1 Å². The molecule has 0 aliphatic rings. The van der Waals surface area contributed by atoms with Gasteiger partial charge < -0.3 is 5.32 Å². The summed E-state index contributed by atoms with van der Waals surface area (Å²) in [5.41, 5.74) is 1.28. The van der Waals surface area contributed by atoms with E-state index in [1.807, 2.05) is 0 Å². The Kier molecular flexibility index (Phi) is 7.12. The van der Waals surface area contributed by atoms with Crippen LogP contribution in [0.15, 0.2) is 11.4 Å². The van der Waals surface area contributed by atoms with Gasteiger partial charge in [0.25, 0.3) is 0 Å². The van der Waals surface area contributed by atoms with Crippen LogP contribution in [0, 0.1) is 2.88 Å². The fourth-order valence-corrected chi connectivity index (χ4v) is 4.11.